The van der Waals surface area contributed by atoms with Gasteiger partial charge in [-0.1, -0.05) is 12.1 Å². The molecule has 1 fully saturated rings. The third-order valence-corrected chi connectivity index (χ3v) is 6.13. The molecule has 1 heterocycles. The molecule has 2 rings (SSSR count). The van der Waals surface area contributed by atoms with E-state index in [9.17, 15) is 18.0 Å². The lowest BCUT2D eigenvalue weighted by Crippen LogP contribution is -2.47. The van der Waals surface area contributed by atoms with Crippen LogP contribution in [-0.4, -0.2) is 57.1 Å². The van der Waals surface area contributed by atoms with Crippen LogP contribution in [0.4, 0.5) is 4.79 Å². The van der Waals surface area contributed by atoms with Crippen molar-refractivity contribution < 1.29 is 22.7 Å². The van der Waals surface area contributed by atoms with Crippen LogP contribution in [0, 0.1) is 0 Å². The van der Waals surface area contributed by atoms with Crippen LogP contribution in [0.3, 0.4) is 0 Å². The van der Waals surface area contributed by atoms with Gasteiger partial charge in [0.05, 0.1) is 4.90 Å². The Morgan fingerprint density at radius 2 is 1.72 bits per heavy atom. The molecule has 0 unspecified atom stereocenters. The van der Waals surface area contributed by atoms with E-state index in [2.05, 4.69) is 10.0 Å². The van der Waals surface area contributed by atoms with Gasteiger partial charge in [-0.3, -0.25) is 4.79 Å². The van der Waals surface area contributed by atoms with Gasteiger partial charge >= 0.3 is 6.09 Å². The maximum absolute atomic E-state index is 12.5. The Bertz CT molecular complexity index is 808. The van der Waals surface area contributed by atoms with E-state index < -0.39 is 21.7 Å². The number of benzene rings is 1. The predicted octanol–water partition coefficient (Wildman–Crippen LogP) is 2.04. The number of carbonyl (C=O) groups is 2. The normalized spacial score (nSPS) is 15.8. The number of piperidine rings is 1. The van der Waals surface area contributed by atoms with E-state index in [0.717, 1.165) is 5.56 Å². The Labute approximate surface area is 173 Å². The van der Waals surface area contributed by atoms with E-state index in [1.165, 1.54) is 7.05 Å². The monoisotopic (exact) mass is 425 g/mol. The molecule has 0 saturated carbocycles. The number of ether oxygens (including phenoxy) is 1. The molecule has 8 nitrogen and oxygen atoms in total. The largest absolute Gasteiger partial charge is 0.444 e. The number of nitrogens with zero attached hydrogens (tertiary/aromatic N) is 1. The molecular formula is C20H31N3O5S. The van der Waals surface area contributed by atoms with Gasteiger partial charge in [-0.25, -0.2) is 17.9 Å². The van der Waals surface area contributed by atoms with E-state index in [4.69, 9.17) is 4.74 Å². The Hall–Kier alpha value is -2.13. The van der Waals surface area contributed by atoms with Gasteiger partial charge in [-0.05, 0) is 64.8 Å². The van der Waals surface area contributed by atoms with Crippen molar-refractivity contribution in [3.63, 3.8) is 0 Å². The second-order valence-electron chi connectivity index (χ2n) is 8.15. The van der Waals surface area contributed by atoms with Crippen LogP contribution in [0.15, 0.2) is 29.2 Å². The molecule has 1 aliphatic heterocycles. The number of amides is 2. The number of likely N-dealkylation sites (tertiary alicyclic amines) is 1. The van der Waals surface area contributed by atoms with Crippen LogP contribution in [0.25, 0.3) is 0 Å². The minimum atomic E-state index is -3.45. The highest BCUT2D eigenvalue weighted by molar-refractivity contribution is 7.89. The number of sulfonamides is 1. The van der Waals surface area contributed by atoms with Crippen LogP contribution in [0.5, 0.6) is 0 Å². The van der Waals surface area contributed by atoms with Crippen molar-refractivity contribution in [2.24, 2.45) is 0 Å². The maximum atomic E-state index is 12.5. The maximum Gasteiger partial charge on any atom is 0.407 e. The zero-order valence-electron chi connectivity index (χ0n) is 17.5. The fourth-order valence-electron chi connectivity index (χ4n) is 3.11. The van der Waals surface area contributed by atoms with Gasteiger partial charge in [0, 0.05) is 25.6 Å². The van der Waals surface area contributed by atoms with E-state index >= 15 is 0 Å². The molecule has 1 aliphatic rings. The highest BCUT2D eigenvalue weighted by Crippen LogP contribution is 2.15. The molecular weight excluding hydrogens is 394 g/mol. The molecule has 162 valence electrons. The van der Waals surface area contributed by atoms with Gasteiger partial charge in [0.25, 0.3) is 0 Å². The summed E-state index contributed by atoms with van der Waals surface area (Å²) in [4.78, 5) is 26.3. The lowest BCUT2D eigenvalue weighted by Gasteiger charge is -2.33. The molecule has 0 atom stereocenters. The average Bonchev–Trinajstić information content (AvgIpc) is 2.65. The number of hydrogen-bond donors (Lipinski definition) is 2. The number of nitrogens with one attached hydrogen (secondary N) is 2. The van der Waals surface area contributed by atoms with Crippen molar-refractivity contribution in [2.45, 2.75) is 63.0 Å². The number of hydrogen-bond acceptors (Lipinski definition) is 5. The van der Waals surface area contributed by atoms with Crippen LogP contribution < -0.4 is 10.0 Å². The molecule has 0 spiro atoms. The van der Waals surface area contributed by atoms with Gasteiger partial charge in [0.1, 0.15) is 5.60 Å². The van der Waals surface area contributed by atoms with Crippen LogP contribution >= 0.6 is 0 Å². The average molecular weight is 426 g/mol. The topological polar surface area (TPSA) is 105 Å². The number of aryl methyl sites for hydroxylation is 1. The summed E-state index contributed by atoms with van der Waals surface area (Å²) in [5.74, 6) is 0.0626. The van der Waals surface area contributed by atoms with E-state index in [0.29, 0.717) is 38.8 Å². The number of alkyl carbamates (subject to hydrolysis) is 1. The summed E-state index contributed by atoms with van der Waals surface area (Å²) in [5, 5.41) is 2.86. The fraction of sp³-hybridized carbons (Fsp3) is 0.600. The zero-order chi connectivity index (χ0) is 21.7. The summed E-state index contributed by atoms with van der Waals surface area (Å²) in [6.07, 6.45) is 1.88. The van der Waals surface area contributed by atoms with Gasteiger partial charge in [-0.15, -0.1) is 0 Å². The summed E-state index contributed by atoms with van der Waals surface area (Å²) in [6, 6.07) is 6.55. The Morgan fingerprint density at radius 3 is 2.24 bits per heavy atom. The molecule has 0 bridgehead atoms. The van der Waals surface area contributed by atoms with Crippen LogP contribution in [-0.2, 0) is 26.0 Å². The Balaban J connectivity index is 1.76. The van der Waals surface area contributed by atoms with Crippen molar-refractivity contribution in [1.29, 1.82) is 0 Å². The first-order valence-electron chi connectivity index (χ1n) is 9.80. The second kappa shape index (κ2) is 9.58. The van der Waals surface area contributed by atoms with Gasteiger partial charge in [0.15, 0.2) is 0 Å². The quantitative estimate of drug-likeness (QED) is 0.726. The van der Waals surface area contributed by atoms with E-state index in [1.807, 2.05) is 25.7 Å². The Kier molecular flexibility index (Phi) is 7.65. The molecule has 2 amide bonds. The molecule has 1 aromatic rings. The minimum absolute atomic E-state index is 0.00979. The van der Waals surface area contributed by atoms with Crippen molar-refractivity contribution in [1.82, 2.24) is 14.9 Å². The summed E-state index contributed by atoms with van der Waals surface area (Å²) < 4.78 is 31.0. The van der Waals surface area contributed by atoms with Crippen LogP contribution in [0.1, 0.15) is 45.6 Å². The van der Waals surface area contributed by atoms with Crippen molar-refractivity contribution >= 4 is 22.0 Å². The highest BCUT2D eigenvalue weighted by atomic mass is 32.2. The third kappa shape index (κ3) is 7.32. The summed E-state index contributed by atoms with van der Waals surface area (Å²) >= 11 is 0. The molecule has 1 aromatic carbocycles. The van der Waals surface area contributed by atoms with Gasteiger partial charge in [0.2, 0.25) is 15.9 Å². The van der Waals surface area contributed by atoms with Crippen molar-refractivity contribution in [2.75, 3.05) is 20.1 Å². The highest BCUT2D eigenvalue weighted by Gasteiger charge is 2.25. The lowest BCUT2D eigenvalue weighted by atomic mass is 10.0. The summed E-state index contributed by atoms with van der Waals surface area (Å²) in [7, 11) is -2.08. The zero-order valence-corrected chi connectivity index (χ0v) is 18.3. The first kappa shape index (κ1) is 23.2. The first-order chi connectivity index (χ1) is 13.5. The minimum Gasteiger partial charge on any atom is -0.444 e. The third-order valence-electron chi connectivity index (χ3n) is 4.70. The molecule has 2 N–H and O–H groups in total. The smallest absolute Gasteiger partial charge is 0.407 e. The number of carbonyl (C=O) groups excluding carboxylic acids is 2. The molecule has 1 saturated heterocycles. The summed E-state index contributed by atoms with van der Waals surface area (Å²) in [5.41, 5.74) is 0.380. The standard InChI is InChI=1S/C20H31N3O5S/c1-20(2,3)28-19(25)22-16-11-13-23(14-12-16)18(24)10-7-15-5-8-17(9-6-15)29(26,27)21-4/h5-6,8-9,16,21H,7,10-14H2,1-4H3,(H,22,25). The van der Waals surface area contributed by atoms with Crippen molar-refractivity contribution in [3.05, 3.63) is 29.8 Å². The molecule has 29 heavy (non-hydrogen) atoms. The fourth-order valence-corrected chi connectivity index (χ4v) is 3.84. The predicted molar refractivity (Wildman–Crippen MR) is 110 cm³/mol. The Morgan fingerprint density at radius 1 is 1.14 bits per heavy atom. The van der Waals surface area contributed by atoms with Crippen LogP contribution in [0.2, 0.25) is 0 Å². The van der Waals surface area contributed by atoms with E-state index in [-0.39, 0.29) is 16.8 Å². The van der Waals surface area contributed by atoms with Gasteiger partial charge in [-0.2, -0.15) is 0 Å². The SMILES string of the molecule is CNS(=O)(=O)c1ccc(CCC(=O)N2CCC(NC(=O)OC(C)(C)C)CC2)cc1. The molecule has 9 heteroatoms. The van der Waals surface area contributed by atoms with Gasteiger partial charge < -0.3 is 15.0 Å². The second-order valence-corrected chi connectivity index (χ2v) is 10.0. The molecule has 0 radical (unpaired) electrons. The molecule has 0 aromatic heterocycles. The number of rotatable bonds is 6. The molecule has 0 aliphatic carbocycles. The van der Waals surface area contributed by atoms with Crippen molar-refractivity contribution in [3.8, 4) is 0 Å². The lowest BCUT2D eigenvalue weighted by molar-refractivity contribution is -0.132. The summed E-state index contributed by atoms with van der Waals surface area (Å²) in [6.45, 7) is 6.65. The van der Waals surface area contributed by atoms with E-state index in [1.54, 1.807) is 24.3 Å². The first-order valence-corrected chi connectivity index (χ1v) is 11.3.